The normalized spacial score (nSPS) is 18.8. The lowest BCUT2D eigenvalue weighted by atomic mass is 10.1. The van der Waals surface area contributed by atoms with Gasteiger partial charge in [-0.3, -0.25) is 4.79 Å². The third-order valence-electron chi connectivity index (χ3n) is 3.50. The highest BCUT2D eigenvalue weighted by atomic mass is 79.9. The number of hydrogen-bond acceptors (Lipinski definition) is 2. The van der Waals surface area contributed by atoms with E-state index in [0.717, 1.165) is 37.6 Å². The summed E-state index contributed by atoms with van der Waals surface area (Å²) in [6.45, 7) is 0.762. The number of likely N-dealkylation sites (tertiary alicyclic amines) is 1. The van der Waals surface area contributed by atoms with E-state index >= 15 is 0 Å². The predicted molar refractivity (Wildman–Crippen MR) is 80.2 cm³/mol. The number of carbonyl (C=O) groups excluding carboxylic acids is 1. The molecule has 1 N–H and O–H groups in total. The highest BCUT2D eigenvalue weighted by Gasteiger charge is 2.30. The Bertz CT molecular complexity index is 467. The van der Waals surface area contributed by atoms with Gasteiger partial charge in [0.15, 0.2) is 0 Å². The number of hydrogen-bond donors (Lipinski definition) is 1. The summed E-state index contributed by atoms with van der Waals surface area (Å²) in [6, 6.07) is 4.88. The first-order valence-electron chi connectivity index (χ1n) is 6.49. The Balaban J connectivity index is 2.16. The van der Waals surface area contributed by atoms with Crippen molar-refractivity contribution in [3.05, 3.63) is 28.8 Å². The first-order valence-corrected chi connectivity index (χ1v) is 7.99. The number of phenolic OH excluding ortho intramolecular Hbond substituents is 1. The molecule has 1 aromatic carbocycles. The molecule has 19 heavy (non-hydrogen) atoms. The van der Waals surface area contributed by atoms with Gasteiger partial charge in [0, 0.05) is 22.9 Å². The third kappa shape index (κ3) is 3.42. The molecular formula is C14H17BrClNO2. The Morgan fingerprint density at radius 2 is 2.32 bits per heavy atom. The zero-order valence-corrected chi connectivity index (χ0v) is 13.0. The van der Waals surface area contributed by atoms with Crippen molar-refractivity contribution in [2.75, 3.05) is 11.9 Å². The Kier molecular flexibility index (Phi) is 5.11. The number of phenols is 1. The average molecular weight is 347 g/mol. The monoisotopic (exact) mass is 345 g/mol. The van der Waals surface area contributed by atoms with Crippen LogP contribution in [0.4, 0.5) is 0 Å². The second-order valence-electron chi connectivity index (χ2n) is 4.79. The van der Waals surface area contributed by atoms with Crippen molar-refractivity contribution in [3.63, 3.8) is 0 Å². The maximum absolute atomic E-state index is 12.5. The summed E-state index contributed by atoms with van der Waals surface area (Å²) in [4.78, 5) is 14.4. The van der Waals surface area contributed by atoms with Gasteiger partial charge in [0.05, 0.1) is 5.56 Å². The molecule has 1 aliphatic heterocycles. The molecule has 1 heterocycles. The van der Waals surface area contributed by atoms with Gasteiger partial charge in [-0.2, -0.15) is 0 Å². The SMILES string of the molecule is O=C(c1cc(Cl)ccc1O)N1CCCC1CCCBr. The molecule has 2 rings (SSSR count). The van der Waals surface area contributed by atoms with Gasteiger partial charge in [-0.25, -0.2) is 0 Å². The molecule has 0 aromatic heterocycles. The van der Waals surface area contributed by atoms with Crippen LogP contribution in [-0.4, -0.2) is 33.8 Å². The van der Waals surface area contributed by atoms with E-state index in [1.54, 1.807) is 12.1 Å². The smallest absolute Gasteiger partial charge is 0.257 e. The Morgan fingerprint density at radius 3 is 3.05 bits per heavy atom. The number of amides is 1. The van der Waals surface area contributed by atoms with E-state index in [1.165, 1.54) is 6.07 Å². The highest BCUT2D eigenvalue weighted by molar-refractivity contribution is 9.09. The van der Waals surface area contributed by atoms with Crippen LogP contribution in [0.3, 0.4) is 0 Å². The summed E-state index contributed by atoms with van der Waals surface area (Å²) >= 11 is 9.32. The zero-order valence-electron chi connectivity index (χ0n) is 10.6. The fraction of sp³-hybridized carbons (Fsp3) is 0.500. The van der Waals surface area contributed by atoms with Crippen molar-refractivity contribution >= 4 is 33.4 Å². The Morgan fingerprint density at radius 1 is 1.53 bits per heavy atom. The van der Waals surface area contributed by atoms with Gasteiger partial charge < -0.3 is 10.0 Å². The molecule has 0 radical (unpaired) electrons. The lowest BCUT2D eigenvalue weighted by molar-refractivity contribution is 0.0727. The maximum Gasteiger partial charge on any atom is 0.257 e. The molecule has 1 unspecified atom stereocenters. The average Bonchev–Trinajstić information content (AvgIpc) is 2.86. The summed E-state index contributed by atoms with van der Waals surface area (Å²) in [6.07, 6.45) is 4.12. The number of alkyl halides is 1. The molecule has 0 saturated carbocycles. The van der Waals surface area contributed by atoms with Crippen LogP contribution in [0, 0.1) is 0 Å². The zero-order chi connectivity index (χ0) is 13.8. The van der Waals surface area contributed by atoms with Gasteiger partial charge in [-0.05, 0) is 43.9 Å². The molecule has 3 nitrogen and oxygen atoms in total. The van der Waals surface area contributed by atoms with Crippen molar-refractivity contribution < 1.29 is 9.90 Å². The number of halogens is 2. The molecule has 1 atom stereocenters. The van der Waals surface area contributed by atoms with Gasteiger partial charge in [0.2, 0.25) is 0 Å². The van der Waals surface area contributed by atoms with Crippen LogP contribution in [0.5, 0.6) is 5.75 Å². The minimum absolute atomic E-state index is 0.000501. The van der Waals surface area contributed by atoms with E-state index in [-0.39, 0.29) is 17.7 Å². The van der Waals surface area contributed by atoms with Gasteiger partial charge in [0.25, 0.3) is 5.91 Å². The van der Waals surface area contributed by atoms with Crippen molar-refractivity contribution in [2.24, 2.45) is 0 Å². The highest BCUT2D eigenvalue weighted by Crippen LogP contribution is 2.28. The number of rotatable bonds is 4. The third-order valence-corrected chi connectivity index (χ3v) is 4.29. The lowest BCUT2D eigenvalue weighted by Gasteiger charge is -2.25. The van der Waals surface area contributed by atoms with E-state index in [0.29, 0.717) is 10.6 Å². The largest absolute Gasteiger partial charge is 0.507 e. The minimum Gasteiger partial charge on any atom is -0.507 e. The summed E-state index contributed by atoms with van der Waals surface area (Å²) in [5.41, 5.74) is 0.304. The predicted octanol–water partition coefficient (Wildman–Crippen LogP) is 3.83. The first kappa shape index (κ1) is 14.7. The van der Waals surface area contributed by atoms with E-state index in [1.807, 2.05) is 4.90 Å². The molecule has 5 heteroatoms. The molecule has 1 aliphatic rings. The summed E-state index contributed by atoms with van der Waals surface area (Å²) in [5, 5.41) is 11.2. The number of nitrogens with zero attached hydrogens (tertiary/aromatic N) is 1. The molecule has 104 valence electrons. The van der Waals surface area contributed by atoms with Crippen molar-refractivity contribution in [1.29, 1.82) is 0 Å². The summed E-state index contributed by atoms with van der Waals surface area (Å²) in [5.74, 6) is -0.113. The summed E-state index contributed by atoms with van der Waals surface area (Å²) in [7, 11) is 0. The standard InChI is InChI=1S/C14H17BrClNO2/c15-7-1-3-11-4-2-8-17(11)14(19)12-9-10(16)5-6-13(12)18/h5-6,9,11,18H,1-4,7-8H2. The van der Waals surface area contributed by atoms with Crippen LogP contribution in [0.1, 0.15) is 36.0 Å². The van der Waals surface area contributed by atoms with Crippen LogP contribution in [0.2, 0.25) is 5.02 Å². The van der Waals surface area contributed by atoms with Gasteiger partial charge in [-0.1, -0.05) is 27.5 Å². The Labute approximate surface area is 126 Å². The first-order chi connectivity index (χ1) is 9.13. The van der Waals surface area contributed by atoms with Gasteiger partial charge in [-0.15, -0.1) is 0 Å². The molecule has 0 spiro atoms. The molecule has 1 saturated heterocycles. The molecule has 0 aliphatic carbocycles. The van der Waals surface area contributed by atoms with Crippen LogP contribution in [-0.2, 0) is 0 Å². The molecule has 0 bridgehead atoms. The van der Waals surface area contributed by atoms with Crippen LogP contribution in [0.15, 0.2) is 18.2 Å². The number of benzene rings is 1. The van der Waals surface area contributed by atoms with E-state index in [2.05, 4.69) is 15.9 Å². The van der Waals surface area contributed by atoms with Crippen LogP contribution >= 0.6 is 27.5 Å². The molecular weight excluding hydrogens is 330 g/mol. The quantitative estimate of drug-likeness (QED) is 0.842. The molecule has 1 fully saturated rings. The van der Waals surface area contributed by atoms with Crippen molar-refractivity contribution in [1.82, 2.24) is 4.90 Å². The fourth-order valence-electron chi connectivity index (χ4n) is 2.55. The van der Waals surface area contributed by atoms with E-state index in [9.17, 15) is 9.90 Å². The van der Waals surface area contributed by atoms with E-state index < -0.39 is 0 Å². The maximum atomic E-state index is 12.5. The lowest BCUT2D eigenvalue weighted by Crippen LogP contribution is -2.35. The second-order valence-corrected chi connectivity index (χ2v) is 6.02. The van der Waals surface area contributed by atoms with Crippen molar-refractivity contribution in [2.45, 2.75) is 31.7 Å². The Hall–Kier alpha value is -0.740. The van der Waals surface area contributed by atoms with Crippen LogP contribution < -0.4 is 0 Å². The summed E-state index contributed by atoms with van der Waals surface area (Å²) < 4.78 is 0. The second kappa shape index (κ2) is 6.62. The molecule has 1 aromatic rings. The topological polar surface area (TPSA) is 40.5 Å². The number of aromatic hydroxyl groups is 1. The van der Waals surface area contributed by atoms with Crippen molar-refractivity contribution in [3.8, 4) is 5.75 Å². The number of carbonyl (C=O) groups is 1. The van der Waals surface area contributed by atoms with Gasteiger partial charge >= 0.3 is 0 Å². The fourth-order valence-corrected chi connectivity index (χ4v) is 3.05. The van der Waals surface area contributed by atoms with Crippen LogP contribution in [0.25, 0.3) is 0 Å². The minimum atomic E-state index is -0.114. The van der Waals surface area contributed by atoms with Gasteiger partial charge in [0.1, 0.15) is 5.75 Å². The van der Waals surface area contributed by atoms with E-state index in [4.69, 9.17) is 11.6 Å². The molecule has 1 amide bonds.